The molecule has 0 aliphatic heterocycles. The van der Waals surface area contributed by atoms with Crippen LogP contribution in [0, 0.1) is 0 Å². The number of carbonyl (C=O) groups is 1. The highest BCUT2D eigenvalue weighted by Gasteiger charge is 2.22. The van der Waals surface area contributed by atoms with E-state index >= 15 is 0 Å². The van der Waals surface area contributed by atoms with Gasteiger partial charge in [0.15, 0.2) is 6.61 Å². The fourth-order valence-corrected chi connectivity index (χ4v) is 3.20. The Labute approximate surface area is 188 Å². The Kier molecular flexibility index (Phi) is 6.12. The number of ether oxygens (including phenoxy) is 2. The zero-order valence-corrected chi connectivity index (χ0v) is 17.7. The van der Waals surface area contributed by atoms with E-state index in [4.69, 9.17) is 15.2 Å². The third-order valence-corrected chi connectivity index (χ3v) is 4.75. The minimum absolute atomic E-state index is 0.0306. The van der Waals surface area contributed by atoms with Gasteiger partial charge in [0.25, 0.3) is 11.8 Å². The molecular formula is C24H20F2N4O3. The molecule has 1 amide bonds. The summed E-state index contributed by atoms with van der Waals surface area (Å²) in [6.07, 6.45) is 4.76. The predicted octanol–water partition coefficient (Wildman–Crippen LogP) is 4.40. The highest BCUT2D eigenvalue weighted by atomic mass is 19.3. The quantitative estimate of drug-likeness (QED) is 0.427. The fraction of sp³-hybridized carbons (Fsp3) is 0.167. The van der Waals surface area contributed by atoms with Crippen LogP contribution in [0.25, 0.3) is 22.0 Å². The SMILES string of the molecule is CC(F)(F)COc1ccc(-c2cc(OCc3ncccc3C(N)=O)c3cccnc3c2)cn1. The third kappa shape index (κ3) is 5.38. The van der Waals surface area contributed by atoms with Crippen LogP contribution in [0.3, 0.4) is 0 Å². The lowest BCUT2D eigenvalue weighted by Crippen LogP contribution is -2.21. The summed E-state index contributed by atoms with van der Waals surface area (Å²) in [4.78, 5) is 24.4. The molecule has 7 nitrogen and oxygen atoms in total. The van der Waals surface area contributed by atoms with Crippen LogP contribution in [-0.4, -0.2) is 33.4 Å². The molecule has 0 saturated carbocycles. The summed E-state index contributed by atoms with van der Waals surface area (Å²) in [6, 6.07) is 13.8. The number of carbonyl (C=O) groups excluding carboxylic acids is 1. The predicted molar refractivity (Wildman–Crippen MR) is 118 cm³/mol. The highest BCUT2D eigenvalue weighted by molar-refractivity contribution is 5.94. The first-order valence-electron chi connectivity index (χ1n) is 10.0. The van der Waals surface area contributed by atoms with Gasteiger partial charge in [-0.25, -0.2) is 13.8 Å². The lowest BCUT2D eigenvalue weighted by molar-refractivity contribution is -0.0242. The molecule has 168 valence electrons. The minimum atomic E-state index is -2.95. The maximum Gasteiger partial charge on any atom is 0.278 e. The van der Waals surface area contributed by atoms with Crippen molar-refractivity contribution in [3.05, 3.63) is 78.4 Å². The molecule has 0 bridgehead atoms. The number of aromatic nitrogens is 3. The molecule has 0 unspecified atom stereocenters. The van der Waals surface area contributed by atoms with E-state index < -0.39 is 18.4 Å². The van der Waals surface area contributed by atoms with Crippen LogP contribution in [-0.2, 0) is 6.61 Å². The van der Waals surface area contributed by atoms with Gasteiger partial charge >= 0.3 is 0 Å². The Morgan fingerprint density at radius 3 is 2.52 bits per heavy atom. The molecule has 0 atom stereocenters. The Bertz CT molecular complexity index is 1290. The van der Waals surface area contributed by atoms with Crippen LogP contribution >= 0.6 is 0 Å². The number of benzene rings is 1. The third-order valence-electron chi connectivity index (χ3n) is 4.75. The number of amides is 1. The van der Waals surface area contributed by atoms with Gasteiger partial charge in [0.1, 0.15) is 12.4 Å². The average Bonchev–Trinajstić information content (AvgIpc) is 2.81. The monoisotopic (exact) mass is 450 g/mol. The van der Waals surface area contributed by atoms with Crippen LogP contribution in [0.4, 0.5) is 8.78 Å². The zero-order chi connectivity index (χ0) is 23.4. The van der Waals surface area contributed by atoms with Crippen LogP contribution in [0.5, 0.6) is 11.6 Å². The highest BCUT2D eigenvalue weighted by Crippen LogP contribution is 2.32. The number of rotatable bonds is 8. The first kappa shape index (κ1) is 22.1. The molecule has 0 aliphatic rings. The van der Waals surface area contributed by atoms with Gasteiger partial charge in [-0.05, 0) is 48.0 Å². The Morgan fingerprint density at radius 1 is 1.00 bits per heavy atom. The van der Waals surface area contributed by atoms with Gasteiger partial charge in [-0.2, -0.15) is 0 Å². The normalized spacial score (nSPS) is 11.4. The molecule has 33 heavy (non-hydrogen) atoms. The first-order valence-corrected chi connectivity index (χ1v) is 10.0. The molecular weight excluding hydrogens is 430 g/mol. The number of hydrogen-bond acceptors (Lipinski definition) is 6. The van der Waals surface area contributed by atoms with E-state index in [0.717, 1.165) is 23.4 Å². The molecule has 3 aromatic heterocycles. The molecule has 0 aliphatic carbocycles. The molecule has 2 N–H and O–H groups in total. The van der Waals surface area contributed by atoms with Crippen molar-refractivity contribution in [2.45, 2.75) is 19.5 Å². The van der Waals surface area contributed by atoms with E-state index in [9.17, 15) is 13.6 Å². The van der Waals surface area contributed by atoms with Gasteiger partial charge in [0, 0.05) is 42.5 Å². The van der Waals surface area contributed by atoms with Crippen molar-refractivity contribution in [3.63, 3.8) is 0 Å². The number of alkyl halides is 2. The van der Waals surface area contributed by atoms with Crippen molar-refractivity contribution in [2.24, 2.45) is 5.73 Å². The second-order valence-corrected chi connectivity index (χ2v) is 7.44. The Hall–Kier alpha value is -4.14. The number of halogens is 2. The summed E-state index contributed by atoms with van der Waals surface area (Å²) >= 11 is 0. The molecule has 0 spiro atoms. The number of nitrogens with two attached hydrogens (primary N) is 1. The standard InChI is InChI=1S/C24H20F2N4O3/c1-24(25,26)14-33-22-7-6-15(12-30-22)16-10-19-17(4-2-8-28-19)21(11-16)32-13-20-18(23(27)31)5-3-9-29-20/h2-12H,13-14H2,1H3,(H2,27,31). The number of nitrogens with zero attached hydrogens (tertiary/aromatic N) is 3. The molecule has 1 aromatic carbocycles. The summed E-state index contributed by atoms with van der Waals surface area (Å²) in [5, 5.41) is 0.774. The largest absolute Gasteiger partial charge is 0.487 e. The molecule has 0 radical (unpaired) electrons. The van der Waals surface area contributed by atoms with Gasteiger partial charge in [0.05, 0.1) is 16.8 Å². The van der Waals surface area contributed by atoms with E-state index in [-0.39, 0.29) is 18.1 Å². The zero-order valence-electron chi connectivity index (χ0n) is 17.7. The summed E-state index contributed by atoms with van der Waals surface area (Å²) in [5.74, 6) is -2.90. The first-order chi connectivity index (χ1) is 15.8. The van der Waals surface area contributed by atoms with Crippen molar-refractivity contribution < 1.29 is 23.0 Å². The molecule has 0 saturated heterocycles. The van der Waals surface area contributed by atoms with E-state index in [0.29, 0.717) is 17.0 Å². The molecule has 4 rings (SSSR count). The number of fused-ring (bicyclic) bond motifs is 1. The second kappa shape index (κ2) is 9.15. The minimum Gasteiger partial charge on any atom is -0.487 e. The van der Waals surface area contributed by atoms with Crippen molar-refractivity contribution in [2.75, 3.05) is 6.61 Å². The van der Waals surface area contributed by atoms with Crippen LogP contribution in [0.2, 0.25) is 0 Å². The average molecular weight is 450 g/mol. The van der Waals surface area contributed by atoms with Crippen molar-refractivity contribution in [3.8, 4) is 22.8 Å². The van der Waals surface area contributed by atoms with E-state index in [2.05, 4.69) is 15.0 Å². The number of primary amides is 1. The van der Waals surface area contributed by atoms with Gasteiger partial charge in [-0.3, -0.25) is 14.8 Å². The van der Waals surface area contributed by atoms with Crippen LogP contribution in [0.15, 0.2) is 67.1 Å². The van der Waals surface area contributed by atoms with Crippen LogP contribution < -0.4 is 15.2 Å². The molecule has 3 heterocycles. The van der Waals surface area contributed by atoms with E-state index in [1.807, 2.05) is 18.2 Å². The number of hydrogen-bond donors (Lipinski definition) is 1. The Morgan fingerprint density at radius 2 is 1.79 bits per heavy atom. The topological polar surface area (TPSA) is 100 Å². The van der Waals surface area contributed by atoms with Gasteiger partial charge in [-0.15, -0.1) is 0 Å². The number of pyridine rings is 3. The summed E-state index contributed by atoms with van der Waals surface area (Å²) in [7, 11) is 0. The smallest absolute Gasteiger partial charge is 0.278 e. The van der Waals surface area contributed by atoms with Gasteiger partial charge < -0.3 is 15.2 Å². The Balaban J connectivity index is 1.63. The lowest BCUT2D eigenvalue weighted by Gasteiger charge is -2.13. The van der Waals surface area contributed by atoms with Crippen molar-refractivity contribution in [1.82, 2.24) is 15.0 Å². The molecule has 0 fully saturated rings. The molecule has 9 heteroatoms. The summed E-state index contributed by atoms with van der Waals surface area (Å²) in [6.45, 7) is 0.0587. The summed E-state index contributed by atoms with van der Waals surface area (Å²) in [5.41, 5.74) is 8.30. The van der Waals surface area contributed by atoms with E-state index in [1.54, 1.807) is 36.7 Å². The lowest BCUT2D eigenvalue weighted by atomic mass is 10.0. The van der Waals surface area contributed by atoms with Gasteiger partial charge in [-0.1, -0.05) is 0 Å². The fourth-order valence-electron chi connectivity index (χ4n) is 3.20. The maximum absolute atomic E-state index is 13.0. The van der Waals surface area contributed by atoms with Crippen LogP contribution in [0.1, 0.15) is 23.0 Å². The van der Waals surface area contributed by atoms with E-state index in [1.165, 1.54) is 12.3 Å². The molecule has 4 aromatic rings. The van der Waals surface area contributed by atoms with Crippen molar-refractivity contribution >= 4 is 16.8 Å². The maximum atomic E-state index is 13.0. The van der Waals surface area contributed by atoms with Gasteiger partial charge in [0.2, 0.25) is 5.88 Å². The second-order valence-electron chi connectivity index (χ2n) is 7.44. The summed E-state index contributed by atoms with van der Waals surface area (Å²) < 4.78 is 37.1. The van der Waals surface area contributed by atoms with Crippen molar-refractivity contribution in [1.29, 1.82) is 0 Å².